The molecule has 0 aromatic carbocycles. The van der Waals surface area contributed by atoms with Crippen LogP contribution in [0.2, 0.25) is 0 Å². The van der Waals surface area contributed by atoms with Gasteiger partial charge in [0.15, 0.2) is 0 Å². The van der Waals surface area contributed by atoms with E-state index in [1.54, 1.807) is 0 Å². The van der Waals surface area contributed by atoms with Gasteiger partial charge >= 0.3 is 8.25 Å². The summed E-state index contributed by atoms with van der Waals surface area (Å²) in [5.41, 5.74) is 10.7. The molecule has 0 radical (unpaired) electrons. The highest BCUT2D eigenvalue weighted by molar-refractivity contribution is 7.33. The van der Waals surface area contributed by atoms with Crippen LogP contribution in [0, 0.1) is 0 Å². The van der Waals surface area contributed by atoms with Crippen LogP contribution < -0.4 is 17.6 Å². The van der Waals surface area contributed by atoms with E-state index in [9.17, 15) is 4.57 Å². The Morgan fingerprint density at radius 2 is 2.14 bits per heavy atom. The third-order valence-electron chi connectivity index (χ3n) is 1.42. The normalized spacial score (nSPS) is 14.5. The predicted molar refractivity (Wildman–Crippen MR) is 57.6 cm³/mol. The summed E-state index contributed by atoms with van der Waals surface area (Å²) >= 11 is 0. The minimum absolute atomic E-state index is 0. The zero-order valence-corrected chi connectivity index (χ0v) is 9.70. The Bertz CT molecular complexity index is 148. The molecule has 0 heterocycles. The van der Waals surface area contributed by atoms with Crippen molar-refractivity contribution < 1.29 is 13.6 Å². The molecule has 0 spiro atoms. The van der Waals surface area contributed by atoms with E-state index in [1.165, 1.54) is 0 Å². The number of rotatable bonds is 8. The lowest BCUT2D eigenvalue weighted by Crippen LogP contribution is -2.24. The van der Waals surface area contributed by atoms with Crippen molar-refractivity contribution >= 4 is 8.25 Å². The van der Waals surface area contributed by atoms with E-state index >= 15 is 0 Å². The Morgan fingerprint density at radius 1 is 1.50 bits per heavy atom. The molecule has 6 nitrogen and oxygen atoms in total. The molecule has 0 aromatic rings. The Kier molecular flexibility index (Phi) is 13.1. The molecule has 0 aliphatic heterocycles. The molecule has 0 saturated heterocycles. The predicted octanol–water partition coefficient (Wildman–Crippen LogP) is 1.01. The molecule has 0 aliphatic rings. The number of hydrogen-bond donors (Lipinski definition) is 3. The molecule has 0 saturated carbocycles. The van der Waals surface area contributed by atoms with Gasteiger partial charge in [-0.1, -0.05) is 13.3 Å². The van der Waals surface area contributed by atoms with E-state index < -0.39 is 14.5 Å². The van der Waals surface area contributed by atoms with E-state index in [-0.39, 0.29) is 6.15 Å². The monoisotopic (exact) mass is 227 g/mol. The average molecular weight is 227 g/mol. The molecule has 14 heavy (non-hydrogen) atoms. The molecule has 0 aromatic heterocycles. The zero-order valence-electron chi connectivity index (χ0n) is 8.70. The van der Waals surface area contributed by atoms with E-state index in [0.29, 0.717) is 19.6 Å². The van der Waals surface area contributed by atoms with Crippen molar-refractivity contribution in [2.75, 3.05) is 13.2 Å². The summed E-state index contributed by atoms with van der Waals surface area (Å²) in [5, 5.41) is 0. The van der Waals surface area contributed by atoms with Crippen LogP contribution >= 0.6 is 8.25 Å². The minimum Gasteiger partial charge on any atom is -0.344 e. The van der Waals surface area contributed by atoms with Crippen LogP contribution in [0.5, 0.6) is 0 Å². The summed E-state index contributed by atoms with van der Waals surface area (Å²) in [6, 6.07) is 0. The van der Waals surface area contributed by atoms with Gasteiger partial charge in [-0.2, -0.15) is 0 Å². The second-order valence-corrected chi connectivity index (χ2v) is 3.71. The highest BCUT2D eigenvalue weighted by atomic mass is 31.1. The summed E-state index contributed by atoms with van der Waals surface area (Å²) in [6.45, 7) is 2.91. The van der Waals surface area contributed by atoms with Crippen LogP contribution in [0.15, 0.2) is 0 Å². The minimum atomic E-state index is -2.41. The Balaban J connectivity index is 0. The Morgan fingerprint density at radius 3 is 2.64 bits per heavy atom. The second kappa shape index (κ2) is 11.1. The van der Waals surface area contributed by atoms with Gasteiger partial charge in [-0.3, -0.25) is 9.09 Å². The van der Waals surface area contributed by atoms with Crippen molar-refractivity contribution in [1.82, 2.24) is 6.15 Å². The van der Waals surface area contributed by atoms with Gasteiger partial charge in [0.1, 0.15) is 6.23 Å². The summed E-state index contributed by atoms with van der Waals surface area (Å²) in [4.78, 5) is 0. The van der Waals surface area contributed by atoms with Gasteiger partial charge in [0.25, 0.3) is 0 Å². The molecule has 7 heteroatoms. The first-order chi connectivity index (χ1) is 6.20. The van der Waals surface area contributed by atoms with Crippen LogP contribution in [-0.4, -0.2) is 19.4 Å². The van der Waals surface area contributed by atoms with Gasteiger partial charge < -0.3 is 22.1 Å². The SMILES string of the molecule is CCCCO[PH](=O)OC(N)CCN.N. The van der Waals surface area contributed by atoms with Crippen molar-refractivity contribution in [3.63, 3.8) is 0 Å². The van der Waals surface area contributed by atoms with Crippen molar-refractivity contribution in [2.24, 2.45) is 11.5 Å². The van der Waals surface area contributed by atoms with E-state index in [0.717, 1.165) is 12.8 Å². The van der Waals surface area contributed by atoms with Crippen molar-refractivity contribution in [3.8, 4) is 0 Å². The van der Waals surface area contributed by atoms with Crippen molar-refractivity contribution in [2.45, 2.75) is 32.4 Å². The lowest BCUT2D eigenvalue weighted by molar-refractivity contribution is 0.161. The van der Waals surface area contributed by atoms with Crippen LogP contribution in [-0.2, 0) is 13.6 Å². The van der Waals surface area contributed by atoms with E-state index in [2.05, 4.69) is 0 Å². The highest BCUT2D eigenvalue weighted by Crippen LogP contribution is 2.25. The topological polar surface area (TPSA) is 123 Å². The largest absolute Gasteiger partial charge is 0.344 e. The maximum absolute atomic E-state index is 11.0. The zero-order chi connectivity index (χ0) is 10.1. The Hall–Kier alpha value is 0.0300. The van der Waals surface area contributed by atoms with Gasteiger partial charge in [-0.25, -0.2) is 0 Å². The van der Waals surface area contributed by atoms with Crippen LogP contribution in [0.3, 0.4) is 0 Å². The molecule has 7 N–H and O–H groups in total. The molecule has 2 atom stereocenters. The number of hydrogen-bond acceptors (Lipinski definition) is 6. The fourth-order valence-electron chi connectivity index (χ4n) is 0.681. The standard InChI is InChI=1S/C7H19N2O3P.H3N/c1-2-3-6-11-13(10)12-7(9)4-5-8;/h7,13H,2-6,8-9H2,1H3;1H3. The van der Waals surface area contributed by atoms with E-state index in [4.69, 9.17) is 20.5 Å². The van der Waals surface area contributed by atoms with Gasteiger partial charge in [0.05, 0.1) is 6.61 Å². The fraction of sp³-hybridized carbons (Fsp3) is 1.00. The first-order valence-corrected chi connectivity index (χ1v) is 5.72. The van der Waals surface area contributed by atoms with Gasteiger partial charge in [-0.05, 0) is 19.4 Å². The lowest BCUT2D eigenvalue weighted by atomic mass is 10.4. The third-order valence-corrected chi connectivity index (χ3v) is 2.35. The lowest BCUT2D eigenvalue weighted by Gasteiger charge is -2.11. The van der Waals surface area contributed by atoms with E-state index in [1.807, 2.05) is 6.92 Å². The second-order valence-electron chi connectivity index (χ2n) is 2.69. The van der Waals surface area contributed by atoms with Crippen molar-refractivity contribution in [3.05, 3.63) is 0 Å². The van der Waals surface area contributed by atoms with Crippen LogP contribution in [0.1, 0.15) is 26.2 Å². The first-order valence-electron chi connectivity index (χ1n) is 4.49. The first kappa shape index (κ1) is 16.5. The maximum Gasteiger partial charge on any atom is 0.320 e. The molecule has 0 fully saturated rings. The number of unbranched alkanes of at least 4 members (excludes halogenated alkanes) is 1. The summed E-state index contributed by atoms with van der Waals surface area (Å²) in [6.07, 6.45) is 1.81. The molecule has 0 aliphatic carbocycles. The van der Waals surface area contributed by atoms with Crippen LogP contribution in [0.4, 0.5) is 0 Å². The molecule has 0 amide bonds. The fourth-order valence-corrected chi connectivity index (χ4v) is 1.42. The summed E-state index contributed by atoms with van der Waals surface area (Å²) in [5.74, 6) is 0. The summed E-state index contributed by atoms with van der Waals surface area (Å²) < 4.78 is 20.8. The van der Waals surface area contributed by atoms with Gasteiger partial charge in [-0.15, -0.1) is 0 Å². The maximum atomic E-state index is 11.0. The van der Waals surface area contributed by atoms with Gasteiger partial charge in [0.2, 0.25) is 0 Å². The molecule has 0 bridgehead atoms. The molecular weight excluding hydrogens is 205 g/mol. The number of nitrogens with two attached hydrogens (primary N) is 2. The molecule has 0 rings (SSSR count). The quantitative estimate of drug-likeness (QED) is 0.323. The summed E-state index contributed by atoms with van der Waals surface area (Å²) in [7, 11) is -2.41. The van der Waals surface area contributed by atoms with Gasteiger partial charge in [0, 0.05) is 0 Å². The molecular formula is C7H22N3O3P. The van der Waals surface area contributed by atoms with Crippen molar-refractivity contribution in [1.29, 1.82) is 0 Å². The smallest absolute Gasteiger partial charge is 0.320 e. The molecule has 88 valence electrons. The Labute approximate surface area is 85.8 Å². The third kappa shape index (κ3) is 10.1. The molecule has 2 unspecified atom stereocenters. The van der Waals surface area contributed by atoms with Crippen LogP contribution in [0.25, 0.3) is 0 Å². The highest BCUT2D eigenvalue weighted by Gasteiger charge is 2.06. The average Bonchev–Trinajstić information content (AvgIpc) is 2.05.